The number of benzene rings is 2. The minimum absolute atomic E-state index is 0.0197. The minimum atomic E-state index is -0.533. The van der Waals surface area contributed by atoms with E-state index in [4.69, 9.17) is 11.0 Å². The molecule has 0 saturated heterocycles. The number of hydrogen-bond donors (Lipinski definition) is 3. The van der Waals surface area contributed by atoms with Crippen LogP contribution in [-0.2, 0) is 11.3 Å². The van der Waals surface area contributed by atoms with Crippen LogP contribution < -0.4 is 16.6 Å². The number of nitrogens with zero attached hydrogens (tertiary/aromatic N) is 2. The summed E-state index contributed by atoms with van der Waals surface area (Å²) in [5, 5.41) is 8.38. The number of hydrazine groups is 1. The summed E-state index contributed by atoms with van der Waals surface area (Å²) < 4.78 is 14.4. The van der Waals surface area contributed by atoms with Crippen LogP contribution in [0, 0.1) is 31.0 Å². The number of nitriles is 1. The van der Waals surface area contributed by atoms with Crippen LogP contribution in [0.4, 0.5) is 4.39 Å². The number of nitrogens with two attached hydrogens (primary N) is 1. The molecule has 0 bridgehead atoms. The van der Waals surface area contributed by atoms with E-state index in [2.05, 4.69) is 15.8 Å². The fourth-order valence-corrected chi connectivity index (χ4v) is 2.56. The van der Waals surface area contributed by atoms with Crippen LogP contribution in [0.15, 0.2) is 41.4 Å². The van der Waals surface area contributed by atoms with Crippen LogP contribution in [0.5, 0.6) is 0 Å². The second-order valence-corrected chi connectivity index (χ2v) is 5.78. The van der Waals surface area contributed by atoms with Crippen molar-refractivity contribution >= 4 is 11.9 Å². The first-order valence-electron chi connectivity index (χ1n) is 7.99. The number of nitrogens with one attached hydrogen (secondary N) is 2. The Morgan fingerprint density at radius 3 is 2.54 bits per heavy atom. The topological polar surface area (TPSA) is 103 Å². The van der Waals surface area contributed by atoms with Gasteiger partial charge in [0.05, 0.1) is 12.6 Å². The Hall–Kier alpha value is -3.40. The third kappa shape index (κ3) is 4.80. The number of guanidine groups is 1. The van der Waals surface area contributed by atoms with Crippen LogP contribution in [0.3, 0.4) is 0 Å². The minimum Gasteiger partial charge on any atom is -0.369 e. The highest BCUT2D eigenvalue weighted by Crippen LogP contribution is 2.28. The summed E-state index contributed by atoms with van der Waals surface area (Å²) in [5.41, 5.74) is 14.5. The zero-order valence-electron chi connectivity index (χ0n) is 14.6. The number of aryl methyl sites for hydroxylation is 2. The largest absolute Gasteiger partial charge is 0.369 e. The van der Waals surface area contributed by atoms with Crippen LogP contribution in [0.1, 0.15) is 23.1 Å². The summed E-state index contributed by atoms with van der Waals surface area (Å²) in [4.78, 5) is 15.1. The summed E-state index contributed by atoms with van der Waals surface area (Å²) in [5.74, 6) is -0.987. The number of hydrogen-bond acceptors (Lipinski definition) is 3. The molecule has 2 rings (SSSR count). The quantitative estimate of drug-likeness (QED) is 0.446. The molecule has 26 heavy (non-hydrogen) atoms. The van der Waals surface area contributed by atoms with Gasteiger partial charge in [-0.1, -0.05) is 30.3 Å². The maximum absolute atomic E-state index is 14.4. The van der Waals surface area contributed by atoms with Crippen LogP contribution in [-0.4, -0.2) is 11.9 Å². The lowest BCUT2D eigenvalue weighted by atomic mass is 9.95. The van der Waals surface area contributed by atoms with Gasteiger partial charge in [-0.15, -0.1) is 0 Å². The number of aliphatic imine (C=N–C) groups is 1. The molecule has 0 fully saturated rings. The molecule has 0 saturated carbocycles. The first kappa shape index (κ1) is 18.9. The predicted molar refractivity (Wildman–Crippen MR) is 98.1 cm³/mol. The van der Waals surface area contributed by atoms with Gasteiger partial charge < -0.3 is 5.73 Å². The Kier molecular flexibility index (Phi) is 6.28. The molecule has 0 aromatic heterocycles. The van der Waals surface area contributed by atoms with Gasteiger partial charge >= 0.3 is 0 Å². The Morgan fingerprint density at radius 2 is 1.92 bits per heavy atom. The highest BCUT2D eigenvalue weighted by atomic mass is 19.1. The lowest BCUT2D eigenvalue weighted by molar-refractivity contribution is -0.120. The van der Waals surface area contributed by atoms with E-state index in [0.717, 1.165) is 22.3 Å². The van der Waals surface area contributed by atoms with E-state index in [1.54, 1.807) is 12.1 Å². The highest BCUT2D eigenvalue weighted by molar-refractivity contribution is 5.83. The molecule has 6 nitrogen and oxygen atoms in total. The Labute approximate surface area is 151 Å². The molecule has 0 unspecified atom stereocenters. The summed E-state index contributed by atoms with van der Waals surface area (Å²) in [7, 11) is 0. The van der Waals surface area contributed by atoms with Crippen molar-refractivity contribution < 1.29 is 9.18 Å². The number of carbonyl (C=O) groups excluding carboxylic acids is 1. The van der Waals surface area contributed by atoms with Crippen molar-refractivity contribution in [2.24, 2.45) is 10.7 Å². The van der Waals surface area contributed by atoms with Gasteiger partial charge in [-0.2, -0.15) is 5.26 Å². The van der Waals surface area contributed by atoms with E-state index >= 15 is 0 Å². The van der Waals surface area contributed by atoms with Crippen molar-refractivity contribution in [3.8, 4) is 17.2 Å². The molecular weight excluding hydrogens is 333 g/mol. The SMILES string of the molecule is Cc1cccc(C)c1-c1ccc(CN=C(N)NNC(=O)CC#N)c(F)c1. The molecule has 0 spiro atoms. The van der Waals surface area contributed by atoms with Crippen molar-refractivity contribution in [2.45, 2.75) is 26.8 Å². The van der Waals surface area contributed by atoms with Gasteiger partial charge in [-0.05, 0) is 42.2 Å². The fraction of sp³-hybridized carbons (Fsp3) is 0.211. The van der Waals surface area contributed by atoms with E-state index in [9.17, 15) is 9.18 Å². The van der Waals surface area contributed by atoms with Gasteiger partial charge in [0.15, 0.2) is 0 Å². The molecule has 0 radical (unpaired) electrons. The molecule has 4 N–H and O–H groups in total. The van der Waals surface area contributed by atoms with Crippen molar-refractivity contribution in [3.63, 3.8) is 0 Å². The van der Waals surface area contributed by atoms with Crippen LogP contribution in [0.2, 0.25) is 0 Å². The summed E-state index contributed by atoms with van der Waals surface area (Å²) >= 11 is 0. The molecular formula is C19H20FN5O. The molecule has 0 aliphatic carbocycles. The number of amides is 1. The molecule has 0 heterocycles. The Morgan fingerprint density at radius 1 is 1.23 bits per heavy atom. The zero-order valence-corrected chi connectivity index (χ0v) is 14.6. The Balaban J connectivity index is 2.09. The fourth-order valence-electron chi connectivity index (χ4n) is 2.56. The summed E-state index contributed by atoms with van der Waals surface area (Å²) in [6, 6.07) is 12.7. The number of halogens is 1. The van der Waals surface area contributed by atoms with Crippen molar-refractivity contribution in [1.29, 1.82) is 5.26 Å². The van der Waals surface area contributed by atoms with E-state index in [0.29, 0.717) is 5.56 Å². The standard InChI is InChI=1S/C19H20FN5O/c1-12-4-3-5-13(2)18(12)14-6-7-15(16(20)10-14)11-23-19(22)25-24-17(26)8-9-21/h3-7,10H,8,11H2,1-2H3,(H,24,26)(H3,22,23,25). The second kappa shape index (κ2) is 8.62. The lowest BCUT2D eigenvalue weighted by Gasteiger charge is -2.11. The number of carbonyl (C=O) groups is 1. The van der Waals surface area contributed by atoms with E-state index in [-0.39, 0.29) is 24.7 Å². The molecule has 7 heteroatoms. The smallest absolute Gasteiger partial charge is 0.252 e. The normalized spacial score (nSPS) is 10.9. The van der Waals surface area contributed by atoms with Crippen molar-refractivity contribution in [2.75, 3.05) is 0 Å². The molecule has 0 atom stereocenters. The molecule has 1 amide bonds. The van der Waals surface area contributed by atoms with Gasteiger partial charge in [0, 0.05) is 5.56 Å². The van der Waals surface area contributed by atoms with Gasteiger partial charge in [-0.3, -0.25) is 15.6 Å². The Bertz CT molecular complexity index is 866. The summed E-state index contributed by atoms with van der Waals surface area (Å²) in [6.07, 6.45) is -0.297. The molecule has 0 aliphatic heterocycles. The monoisotopic (exact) mass is 353 g/mol. The number of rotatable bonds is 4. The third-order valence-corrected chi connectivity index (χ3v) is 3.81. The van der Waals surface area contributed by atoms with Crippen molar-refractivity contribution in [3.05, 3.63) is 58.9 Å². The van der Waals surface area contributed by atoms with E-state index < -0.39 is 5.91 Å². The molecule has 134 valence electrons. The maximum atomic E-state index is 14.4. The van der Waals surface area contributed by atoms with Gasteiger partial charge in [-0.25, -0.2) is 9.38 Å². The third-order valence-electron chi connectivity index (χ3n) is 3.81. The van der Waals surface area contributed by atoms with Crippen molar-refractivity contribution in [1.82, 2.24) is 10.9 Å². The molecule has 2 aromatic rings. The second-order valence-electron chi connectivity index (χ2n) is 5.78. The van der Waals surface area contributed by atoms with E-state index in [1.165, 1.54) is 6.07 Å². The molecule has 2 aromatic carbocycles. The summed E-state index contributed by atoms with van der Waals surface area (Å²) in [6.45, 7) is 4.00. The highest BCUT2D eigenvalue weighted by Gasteiger charge is 2.09. The average Bonchev–Trinajstić information content (AvgIpc) is 2.59. The average molecular weight is 353 g/mol. The van der Waals surface area contributed by atoms with Gasteiger partial charge in [0.1, 0.15) is 12.2 Å². The van der Waals surface area contributed by atoms with Crippen LogP contribution in [0.25, 0.3) is 11.1 Å². The van der Waals surface area contributed by atoms with Crippen LogP contribution >= 0.6 is 0 Å². The van der Waals surface area contributed by atoms with Gasteiger partial charge in [0.25, 0.3) is 5.91 Å². The lowest BCUT2D eigenvalue weighted by Crippen LogP contribution is -2.45. The first-order valence-corrected chi connectivity index (χ1v) is 7.99. The zero-order chi connectivity index (χ0) is 19.1. The predicted octanol–water partition coefficient (Wildman–Crippen LogP) is 2.46. The first-order chi connectivity index (χ1) is 12.4. The van der Waals surface area contributed by atoms with Gasteiger partial charge in [0.2, 0.25) is 5.96 Å². The molecule has 0 aliphatic rings. The van der Waals surface area contributed by atoms with E-state index in [1.807, 2.05) is 38.1 Å². The maximum Gasteiger partial charge on any atom is 0.252 e.